The second-order valence-corrected chi connectivity index (χ2v) is 6.85. The van der Waals surface area contributed by atoms with Gasteiger partial charge in [-0.1, -0.05) is 17.7 Å². The Labute approximate surface area is 157 Å². The van der Waals surface area contributed by atoms with Crippen LogP contribution >= 0.6 is 22.9 Å². The van der Waals surface area contributed by atoms with Crippen LogP contribution in [0.5, 0.6) is 17.2 Å². The first-order valence-corrected chi connectivity index (χ1v) is 8.90. The number of pyridine rings is 1. The van der Waals surface area contributed by atoms with Crippen LogP contribution in [0.15, 0.2) is 52.8 Å². The van der Waals surface area contributed by atoms with Gasteiger partial charge in [0.15, 0.2) is 11.5 Å². The molecule has 6 nitrogen and oxygen atoms in total. The first-order valence-electron chi connectivity index (χ1n) is 7.64. The Kier molecular flexibility index (Phi) is 4.40. The van der Waals surface area contributed by atoms with Gasteiger partial charge in [-0.05, 0) is 29.1 Å². The molecule has 132 valence electrons. The Morgan fingerprint density at radius 2 is 2.04 bits per heavy atom. The quantitative estimate of drug-likeness (QED) is 0.638. The van der Waals surface area contributed by atoms with Gasteiger partial charge in [0.05, 0.1) is 6.54 Å². The van der Waals surface area contributed by atoms with Crippen LogP contribution in [0.25, 0.3) is 0 Å². The number of thiophene rings is 1. The maximum Gasteiger partial charge on any atom is 0.353 e. The number of carbonyl (C=O) groups is 1. The Balaban J connectivity index is 1.54. The van der Waals surface area contributed by atoms with E-state index in [0.717, 1.165) is 5.56 Å². The Bertz CT molecular complexity index is 1030. The summed E-state index contributed by atoms with van der Waals surface area (Å²) in [6.45, 7) is 0.410. The molecule has 0 amide bonds. The first-order chi connectivity index (χ1) is 12.6. The summed E-state index contributed by atoms with van der Waals surface area (Å²) < 4.78 is 17.3. The summed E-state index contributed by atoms with van der Waals surface area (Å²) in [4.78, 5) is 24.8. The number of carbonyl (C=O) groups excluding carboxylic acids is 1. The van der Waals surface area contributed by atoms with Crippen molar-refractivity contribution in [3.63, 3.8) is 0 Å². The minimum Gasteiger partial charge on any atom is -0.454 e. The van der Waals surface area contributed by atoms with Gasteiger partial charge in [0.2, 0.25) is 6.79 Å². The smallest absolute Gasteiger partial charge is 0.353 e. The van der Waals surface area contributed by atoms with E-state index in [9.17, 15) is 9.59 Å². The molecular formula is C18H12ClNO5S. The second-order valence-electron chi connectivity index (χ2n) is 5.49. The maximum atomic E-state index is 12.3. The van der Waals surface area contributed by atoms with Gasteiger partial charge < -0.3 is 18.8 Å². The highest BCUT2D eigenvalue weighted by atomic mass is 35.5. The summed E-state index contributed by atoms with van der Waals surface area (Å²) in [6.07, 6.45) is 1.56. The van der Waals surface area contributed by atoms with E-state index in [2.05, 4.69) is 0 Å². The largest absolute Gasteiger partial charge is 0.454 e. The van der Waals surface area contributed by atoms with Gasteiger partial charge in [0.1, 0.15) is 10.6 Å². The van der Waals surface area contributed by atoms with Crippen molar-refractivity contribution in [3.8, 4) is 17.2 Å². The number of benzene rings is 1. The summed E-state index contributed by atoms with van der Waals surface area (Å²) in [5.74, 6) is 0.887. The molecule has 26 heavy (non-hydrogen) atoms. The third-order valence-corrected chi connectivity index (χ3v) is 4.98. The lowest BCUT2D eigenvalue weighted by molar-refractivity contribution is 0.0739. The highest BCUT2D eigenvalue weighted by Crippen LogP contribution is 2.36. The van der Waals surface area contributed by atoms with Crippen molar-refractivity contribution in [1.29, 1.82) is 0 Å². The van der Waals surface area contributed by atoms with Crippen molar-refractivity contribution >= 4 is 28.9 Å². The van der Waals surface area contributed by atoms with Crippen molar-refractivity contribution in [1.82, 2.24) is 4.57 Å². The van der Waals surface area contributed by atoms with Gasteiger partial charge >= 0.3 is 5.97 Å². The topological polar surface area (TPSA) is 66.8 Å². The first kappa shape index (κ1) is 16.7. The number of fused-ring (bicyclic) bond motifs is 1. The number of hydrogen-bond donors (Lipinski definition) is 0. The lowest BCUT2D eigenvalue weighted by Crippen LogP contribution is -2.20. The summed E-state index contributed by atoms with van der Waals surface area (Å²) in [6, 6.07) is 9.67. The molecule has 0 aliphatic carbocycles. The molecule has 1 aliphatic heterocycles. The molecular weight excluding hydrogens is 378 g/mol. The summed E-state index contributed by atoms with van der Waals surface area (Å²) in [7, 11) is 0. The third-order valence-electron chi connectivity index (χ3n) is 3.78. The average molecular weight is 390 g/mol. The molecule has 0 fully saturated rings. The minimum absolute atomic E-state index is 0.152. The van der Waals surface area contributed by atoms with Gasteiger partial charge in [-0.25, -0.2) is 4.79 Å². The standard InChI is InChI=1S/C18H12ClNO5S/c19-13-8-15-14(23-10-24-15)6-11(13)9-20-4-3-12(7-17(20)21)25-18(22)16-2-1-5-26-16/h1-8H,9-10H2. The zero-order valence-electron chi connectivity index (χ0n) is 13.3. The molecule has 8 heteroatoms. The lowest BCUT2D eigenvalue weighted by Gasteiger charge is -2.10. The molecule has 1 aliphatic rings. The van der Waals surface area contributed by atoms with Crippen LogP contribution in [0.1, 0.15) is 15.2 Å². The zero-order valence-corrected chi connectivity index (χ0v) is 14.9. The van der Waals surface area contributed by atoms with Crippen molar-refractivity contribution in [3.05, 3.63) is 73.8 Å². The molecule has 0 N–H and O–H groups in total. The SMILES string of the molecule is O=C(Oc1ccn(Cc2cc3c(cc2Cl)OCO3)c(=O)c1)c1cccs1. The summed E-state index contributed by atoms with van der Waals surface area (Å²) in [5.41, 5.74) is 0.413. The molecule has 4 rings (SSSR count). The predicted molar refractivity (Wildman–Crippen MR) is 96.7 cm³/mol. The Hall–Kier alpha value is -2.77. The van der Waals surface area contributed by atoms with E-state index >= 15 is 0 Å². The fraction of sp³-hybridized carbons (Fsp3) is 0.111. The van der Waals surface area contributed by atoms with Gasteiger partial charge in [0, 0.05) is 23.4 Å². The maximum absolute atomic E-state index is 12.3. The molecule has 2 aromatic heterocycles. The number of nitrogens with zero attached hydrogens (tertiary/aromatic N) is 1. The Morgan fingerprint density at radius 1 is 1.23 bits per heavy atom. The van der Waals surface area contributed by atoms with Crippen LogP contribution in [0, 0.1) is 0 Å². The summed E-state index contributed by atoms with van der Waals surface area (Å²) in [5, 5.41) is 2.26. The number of esters is 1. The monoisotopic (exact) mass is 389 g/mol. The van der Waals surface area contributed by atoms with E-state index in [1.165, 1.54) is 22.0 Å². The molecule has 3 heterocycles. The lowest BCUT2D eigenvalue weighted by atomic mass is 10.2. The molecule has 3 aromatic rings. The van der Waals surface area contributed by atoms with Crippen molar-refractivity contribution in [2.45, 2.75) is 6.54 Å². The van der Waals surface area contributed by atoms with Crippen LogP contribution in [-0.4, -0.2) is 17.3 Å². The van der Waals surface area contributed by atoms with Crippen molar-refractivity contribution in [2.75, 3.05) is 6.79 Å². The van der Waals surface area contributed by atoms with E-state index in [4.69, 9.17) is 25.8 Å². The van der Waals surface area contributed by atoms with E-state index in [1.807, 2.05) is 0 Å². The van der Waals surface area contributed by atoms with Crippen LogP contribution in [-0.2, 0) is 6.54 Å². The van der Waals surface area contributed by atoms with Crippen LogP contribution in [0.4, 0.5) is 0 Å². The van der Waals surface area contributed by atoms with Crippen LogP contribution in [0.3, 0.4) is 0 Å². The van der Waals surface area contributed by atoms with Gasteiger partial charge in [-0.2, -0.15) is 0 Å². The minimum atomic E-state index is -0.490. The van der Waals surface area contributed by atoms with Crippen molar-refractivity contribution < 1.29 is 19.0 Å². The number of aromatic nitrogens is 1. The predicted octanol–water partition coefficient (Wildman–Crippen LogP) is 3.56. The second kappa shape index (κ2) is 6.86. The van der Waals surface area contributed by atoms with Gasteiger partial charge in [0.25, 0.3) is 5.56 Å². The van der Waals surface area contributed by atoms with E-state index in [1.54, 1.807) is 41.9 Å². The highest BCUT2D eigenvalue weighted by molar-refractivity contribution is 7.12. The van der Waals surface area contributed by atoms with Gasteiger partial charge in [-0.3, -0.25) is 4.79 Å². The van der Waals surface area contributed by atoms with Crippen molar-refractivity contribution in [2.24, 2.45) is 0 Å². The third kappa shape index (κ3) is 3.31. The normalized spacial score (nSPS) is 12.2. The number of halogens is 1. The fourth-order valence-electron chi connectivity index (χ4n) is 2.50. The molecule has 0 saturated carbocycles. The highest BCUT2D eigenvalue weighted by Gasteiger charge is 2.17. The molecule has 0 spiro atoms. The van der Waals surface area contributed by atoms with Crippen LogP contribution in [0.2, 0.25) is 5.02 Å². The zero-order chi connectivity index (χ0) is 18.1. The number of hydrogen-bond acceptors (Lipinski definition) is 6. The fourth-order valence-corrected chi connectivity index (χ4v) is 3.31. The average Bonchev–Trinajstić information content (AvgIpc) is 3.29. The molecule has 0 atom stereocenters. The molecule has 0 bridgehead atoms. The molecule has 1 aromatic carbocycles. The Morgan fingerprint density at radius 3 is 2.77 bits per heavy atom. The van der Waals surface area contributed by atoms with E-state index in [0.29, 0.717) is 21.4 Å². The molecule has 0 saturated heterocycles. The van der Waals surface area contributed by atoms with E-state index in [-0.39, 0.29) is 24.6 Å². The molecule has 0 unspecified atom stereocenters. The van der Waals surface area contributed by atoms with Gasteiger partial charge in [-0.15, -0.1) is 11.3 Å². The van der Waals surface area contributed by atoms with E-state index < -0.39 is 5.97 Å². The number of rotatable bonds is 4. The van der Waals surface area contributed by atoms with Crippen LogP contribution < -0.4 is 19.8 Å². The summed E-state index contributed by atoms with van der Waals surface area (Å²) >= 11 is 7.52. The number of ether oxygens (including phenoxy) is 3. The molecule has 0 radical (unpaired) electrons.